The number of amides is 3. The van der Waals surface area contributed by atoms with Crippen LogP contribution in [0.25, 0.3) is 0 Å². The molecule has 8 heteroatoms. The fourth-order valence-corrected chi connectivity index (χ4v) is 1.17. The van der Waals surface area contributed by atoms with Gasteiger partial charge in [-0.25, -0.2) is 4.79 Å². The first-order valence-corrected chi connectivity index (χ1v) is 5.06. The number of nitro benzene ring substituents is 1. The molecule has 0 bridgehead atoms. The van der Waals surface area contributed by atoms with Crippen LogP contribution in [-0.2, 0) is 4.79 Å². The Morgan fingerprint density at radius 2 is 2.11 bits per heavy atom. The molecule has 0 unspecified atom stereocenters. The molecule has 0 radical (unpaired) electrons. The fourth-order valence-electron chi connectivity index (χ4n) is 1.17. The molecule has 0 saturated carbocycles. The number of hydrogen-bond donors (Lipinski definition) is 3. The molecule has 8 nitrogen and oxygen atoms in total. The van der Waals surface area contributed by atoms with E-state index in [4.69, 9.17) is 5.73 Å². The summed E-state index contributed by atoms with van der Waals surface area (Å²) in [6.07, 6.45) is 0.0301. The van der Waals surface area contributed by atoms with Gasteiger partial charge in [0.25, 0.3) is 5.69 Å². The Labute approximate surface area is 102 Å². The van der Waals surface area contributed by atoms with E-state index in [0.29, 0.717) is 5.69 Å². The summed E-state index contributed by atoms with van der Waals surface area (Å²) < 4.78 is 0. The van der Waals surface area contributed by atoms with E-state index in [-0.39, 0.29) is 18.7 Å². The Balaban J connectivity index is 2.51. The summed E-state index contributed by atoms with van der Waals surface area (Å²) >= 11 is 0. The summed E-state index contributed by atoms with van der Waals surface area (Å²) in [7, 11) is 0. The number of nitrogens with one attached hydrogen (secondary N) is 2. The van der Waals surface area contributed by atoms with Gasteiger partial charge in [-0.1, -0.05) is 6.07 Å². The van der Waals surface area contributed by atoms with Gasteiger partial charge >= 0.3 is 6.03 Å². The number of urea groups is 1. The molecule has 0 heterocycles. The van der Waals surface area contributed by atoms with Gasteiger partial charge < -0.3 is 16.4 Å². The van der Waals surface area contributed by atoms with Crippen LogP contribution in [0.4, 0.5) is 16.2 Å². The molecular formula is C10H12N4O4. The van der Waals surface area contributed by atoms with Gasteiger partial charge in [-0.15, -0.1) is 0 Å². The van der Waals surface area contributed by atoms with E-state index in [2.05, 4.69) is 10.6 Å². The van der Waals surface area contributed by atoms with Gasteiger partial charge in [0.2, 0.25) is 5.91 Å². The Kier molecular flexibility index (Phi) is 4.61. The van der Waals surface area contributed by atoms with Gasteiger partial charge in [0.05, 0.1) is 4.92 Å². The minimum atomic E-state index is -0.559. The second kappa shape index (κ2) is 6.18. The largest absolute Gasteiger partial charge is 0.370 e. The second-order valence-corrected chi connectivity index (χ2v) is 3.40. The van der Waals surface area contributed by atoms with Crippen molar-refractivity contribution in [1.29, 1.82) is 0 Å². The Bertz CT molecular complexity index is 475. The van der Waals surface area contributed by atoms with Crippen molar-refractivity contribution >= 4 is 23.3 Å². The molecule has 0 atom stereocenters. The first-order chi connectivity index (χ1) is 8.49. The Morgan fingerprint density at radius 3 is 2.72 bits per heavy atom. The highest BCUT2D eigenvalue weighted by Crippen LogP contribution is 2.16. The van der Waals surface area contributed by atoms with Gasteiger partial charge in [0.1, 0.15) is 0 Å². The molecule has 0 fully saturated rings. The monoisotopic (exact) mass is 252 g/mol. The van der Waals surface area contributed by atoms with Crippen molar-refractivity contribution in [2.75, 3.05) is 11.9 Å². The number of anilines is 1. The zero-order valence-corrected chi connectivity index (χ0v) is 9.38. The number of non-ortho nitro benzene ring substituents is 1. The van der Waals surface area contributed by atoms with Crippen LogP contribution >= 0.6 is 0 Å². The molecule has 1 aromatic carbocycles. The van der Waals surface area contributed by atoms with Gasteiger partial charge in [-0.3, -0.25) is 14.9 Å². The molecule has 0 saturated heterocycles. The molecule has 0 spiro atoms. The van der Waals surface area contributed by atoms with E-state index in [9.17, 15) is 19.7 Å². The van der Waals surface area contributed by atoms with Crippen LogP contribution < -0.4 is 16.4 Å². The summed E-state index contributed by atoms with van der Waals surface area (Å²) in [5.74, 6) is -0.523. The Hall–Kier alpha value is -2.64. The summed E-state index contributed by atoms with van der Waals surface area (Å²) in [6, 6.07) is 4.96. The average molecular weight is 252 g/mol. The van der Waals surface area contributed by atoms with Gasteiger partial charge in [-0.2, -0.15) is 0 Å². The van der Waals surface area contributed by atoms with Gasteiger partial charge in [-0.05, 0) is 6.07 Å². The van der Waals surface area contributed by atoms with Crippen LogP contribution in [0.5, 0.6) is 0 Å². The van der Waals surface area contributed by atoms with Crippen molar-refractivity contribution in [3.05, 3.63) is 34.4 Å². The lowest BCUT2D eigenvalue weighted by molar-refractivity contribution is -0.384. The van der Waals surface area contributed by atoms with E-state index >= 15 is 0 Å². The molecule has 0 aromatic heterocycles. The summed E-state index contributed by atoms with van der Waals surface area (Å²) in [5.41, 5.74) is 5.07. The van der Waals surface area contributed by atoms with Crippen LogP contribution in [0, 0.1) is 10.1 Å². The van der Waals surface area contributed by atoms with Crippen molar-refractivity contribution in [2.45, 2.75) is 6.42 Å². The quantitative estimate of drug-likeness (QED) is 0.523. The summed E-state index contributed by atoms with van der Waals surface area (Å²) in [5, 5.41) is 15.3. The van der Waals surface area contributed by atoms with E-state index in [0.717, 1.165) is 0 Å². The molecule has 0 aliphatic heterocycles. The Morgan fingerprint density at radius 1 is 1.39 bits per heavy atom. The lowest BCUT2D eigenvalue weighted by Crippen LogP contribution is -2.31. The lowest BCUT2D eigenvalue weighted by Gasteiger charge is -2.06. The maximum Gasteiger partial charge on any atom is 0.319 e. The first-order valence-electron chi connectivity index (χ1n) is 5.06. The number of rotatable bonds is 5. The van der Waals surface area contributed by atoms with E-state index in [1.165, 1.54) is 24.3 Å². The molecule has 0 aliphatic carbocycles. The number of nitrogens with zero attached hydrogens (tertiary/aromatic N) is 1. The van der Waals surface area contributed by atoms with Crippen molar-refractivity contribution in [3.8, 4) is 0 Å². The molecule has 4 N–H and O–H groups in total. The van der Waals surface area contributed by atoms with Crippen molar-refractivity contribution < 1.29 is 14.5 Å². The van der Waals surface area contributed by atoms with E-state index < -0.39 is 16.9 Å². The normalized spacial score (nSPS) is 9.56. The highest BCUT2D eigenvalue weighted by atomic mass is 16.6. The maximum absolute atomic E-state index is 11.3. The third-order valence-electron chi connectivity index (χ3n) is 1.97. The molecule has 3 amide bonds. The maximum atomic E-state index is 11.3. The van der Waals surface area contributed by atoms with Crippen molar-refractivity contribution in [2.24, 2.45) is 5.73 Å². The van der Waals surface area contributed by atoms with E-state index in [1.807, 2.05) is 0 Å². The molecule has 96 valence electrons. The molecular weight excluding hydrogens is 240 g/mol. The molecule has 18 heavy (non-hydrogen) atoms. The zero-order valence-electron chi connectivity index (χ0n) is 9.38. The third-order valence-corrected chi connectivity index (χ3v) is 1.97. The number of carbonyl (C=O) groups excluding carboxylic acids is 2. The topological polar surface area (TPSA) is 127 Å². The minimum Gasteiger partial charge on any atom is -0.370 e. The second-order valence-electron chi connectivity index (χ2n) is 3.40. The predicted octanol–water partition coefficient (Wildman–Crippen LogP) is 0.592. The predicted molar refractivity (Wildman–Crippen MR) is 63.9 cm³/mol. The van der Waals surface area contributed by atoms with Crippen LogP contribution in [0.1, 0.15) is 6.42 Å². The number of benzene rings is 1. The highest BCUT2D eigenvalue weighted by Gasteiger charge is 2.07. The van der Waals surface area contributed by atoms with Crippen LogP contribution in [0.2, 0.25) is 0 Å². The molecule has 0 aliphatic rings. The number of nitrogens with two attached hydrogens (primary N) is 1. The third kappa shape index (κ3) is 4.47. The standard InChI is InChI=1S/C10H12N4O4/c11-9(15)4-5-12-10(16)13-7-2-1-3-8(6-7)14(17)18/h1-3,6H,4-5H2,(H2,11,15)(H2,12,13,16). The smallest absolute Gasteiger partial charge is 0.319 e. The molecule has 1 rings (SSSR count). The number of carbonyl (C=O) groups is 2. The number of primary amides is 1. The summed E-state index contributed by atoms with van der Waals surface area (Å²) in [4.78, 5) is 31.7. The van der Waals surface area contributed by atoms with Gasteiger partial charge in [0, 0.05) is 30.8 Å². The lowest BCUT2D eigenvalue weighted by atomic mass is 10.3. The van der Waals surface area contributed by atoms with Gasteiger partial charge in [0.15, 0.2) is 0 Å². The number of hydrogen-bond acceptors (Lipinski definition) is 4. The average Bonchev–Trinajstić information content (AvgIpc) is 2.28. The SMILES string of the molecule is NC(=O)CCNC(=O)Nc1cccc([N+](=O)[O-])c1. The van der Waals surface area contributed by atoms with Crippen LogP contribution in [-0.4, -0.2) is 23.4 Å². The van der Waals surface area contributed by atoms with Crippen molar-refractivity contribution in [1.82, 2.24) is 5.32 Å². The fraction of sp³-hybridized carbons (Fsp3) is 0.200. The minimum absolute atomic E-state index is 0.0301. The van der Waals surface area contributed by atoms with E-state index in [1.54, 1.807) is 0 Å². The first kappa shape index (κ1) is 13.4. The summed E-state index contributed by atoms with van der Waals surface area (Å²) in [6.45, 7) is 0.107. The highest BCUT2D eigenvalue weighted by molar-refractivity contribution is 5.89. The van der Waals surface area contributed by atoms with Crippen LogP contribution in [0.15, 0.2) is 24.3 Å². The molecule has 1 aromatic rings. The van der Waals surface area contributed by atoms with Crippen molar-refractivity contribution in [3.63, 3.8) is 0 Å². The zero-order chi connectivity index (χ0) is 13.5. The number of nitro groups is 1. The van der Waals surface area contributed by atoms with Crippen LogP contribution in [0.3, 0.4) is 0 Å².